The molecule has 10 heteroatoms. The van der Waals surface area contributed by atoms with Crippen molar-refractivity contribution in [2.24, 2.45) is 0 Å². The molecule has 0 saturated carbocycles. The van der Waals surface area contributed by atoms with Crippen LogP contribution in [0.2, 0.25) is 0 Å². The maximum atomic E-state index is 12.5. The Morgan fingerprint density at radius 3 is 2.39 bits per heavy atom. The van der Waals surface area contributed by atoms with Gasteiger partial charge in [-0.15, -0.1) is 0 Å². The average Bonchev–Trinajstić information content (AvgIpc) is 2.40. The Balaban J connectivity index is 1.96. The summed E-state index contributed by atoms with van der Waals surface area (Å²) in [6.45, 7) is 0.350. The summed E-state index contributed by atoms with van der Waals surface area (Å²) in [5.74, 6) is 0. The van der Waals surface area contributed by atoms with Crippen LogP contribution in [0.25, 0.3) is 0 Å². The molecule has 0 spiro atoms. The molecule has 1 aliphatic rings. The standard InChI is InChI=1S/C13H15F3N2O4S/c1-23(20,21)22-11-6-7-18(12(19)17-11)8-9-2-4-10(5-3-9)13(14,15)16/h2-5,11H,6-8H2,1H3,(H,17,19)/t11-/m0/s1. The number of benzene rings is 1. The van der Waals surface area contributed by atoms with Crippen LogP contribution in [0.4, 0.5) is 18.0 Å². The SMILES string of the molecule is CS(=O)(=O)O[C@H]1CCN(Cc2ccc(C(F)(F)F)cc2)C(=O)N1. The first-order valence-electron chi connectivity index (χ1n) is 6.64. The Morgan fingerprint density at radius 2 is 1.91 bits per heavy atom. The van der Waals surface area contributed by atoms with Crippen molar-refractivity contribution in [1.29, 1.82) is 0 Å². The molecular formula is C13H15F3N2O4S. The van der Waals surface area contributed by atoms with E-state index >= 15 is 0 Å². The number of nitrogens with zero attached hydrogens (tertiary/aromatic N) is 1. The molecule has 0 unspecified atom stereocenters. The second-order valence-corrected chi connectivity index (χ2v) is 6.74. The highest BCUT2D eigenvalue weighted by molar-refractivity contribution is 7.86. The summed E-state index contributed by atoms with van der Waals surface area (Å²) < 4.78 is 64.2. The number of nitrogens with one attached hydrogen (secondary N) is 1. The molecule has 1 aliphatic heterocycles. The first-order chi connectivity index (χ1) is 10.5. The van der Waals surface area contributed by atoms with Crippen molar-refractivity contribution < 1.29 is 30.6 Å². The number of urea groups is 1. The molecule has 128 valence electrons. The van der Waals surface area contributed by atoms with Crippen LogP contribution < -0.4 is 5.32 Å². The maximum absolute atomic E-state index is 12.5. The van der Waals surface area contributed by atoms with Crippen LogP contribution in [0.5, 0.6) is 0 Å². The third-order valence-corrected chi connectivity index (χ3v) is 3.76. The third-order valence-electron chi connectivity index (χ3n) is 3.18. The molecular weight excluding hydrogens is 337 g/mol. The van der Waals surface area contributed by atoms with E-state index in [4.69, 9.17) is 0 Å². The molecule has 1 fully saturated rings. The molecule has 1 saturated heterocycles. The Bertz CT molecular complexity index is 673. The zero-order chi connectivity index (χ0) is 17.3. The number of alkyl halides is 3. The summed E-state index contributed by atoms with van der Waals surface area (Å²) in [5.41, 5.74) is -0.221. The van der Waals surface area contributed by atoms with Crippen LogP contribution in [0.15, 0.2) is 24.3 Å². The van der Waals surface area contributed by atoms with Gasteiger partial charge in [0.25, 0.3) is 10.1 Å². The van der Waals surface area contributed by atoms with Gasteiger partial charge >= 0.3 is 12.2 Å². The highest BCUT2D eigenvalue weighted by Gasteiger charge is 2.31. The number of hydrogen-bond acceptors (Lipinski definition) is 4. The minimum Gasteiger partial charge on any atom is -0.320 e. The fourth-order valence-electron chi connectivity index (χ4n) is 2.13. The minimum absolute atomic E-state index is 0.121. The van der Waals surface area contributed by atoms with Gasteiger partial charge in [0.15, 0.2) is 6.23 Å². The number of carbonyl (C=O) groups excluding carboxylic acids is 1. The Hall–Kier alpha value is -1.81. The number of carbonyl (C=O) groups is 1. The first kappa shape index (κ1) is 17.5. The molecule has 0 bridgehead atoms. The van der Waals surface area contributed by atoms with E-state index in [-0.39, 0.29) is 19.5 Å². The van der Waals surface area contributed by atoms with Gasteiger partial charge in [-0.05, 0) is 17.7 Å². The quantitative estimate of drug-likeness (QED) is 0.840. The highest BCUT2D eigenvalue weighted by atomic mass is 32.2. The summed E-state index contributed by atoms with van der Waals surface area (Å²) in [4.78, 5) is 13.2. The molecule has 0 aromatic heterocycles. The fraction of sp³-hybridized carbons (Fsp3) is 0.462. The lowest BCUT2D eigenvalue weighted by atomic mass is 10.1. The predicted octanol–water partition coefficient (Wildman–Crippen LogP) is 1.92. The highest BCUT2D eigenvalue weighted by Crippen LogP contribution is 2.29. The molecule has 6 nitrogen and oxygen atoms in total. The average molecular weight is 352 g/mol. The fourth-order valence-corrected chi connectivity index (χ4v) is 2.70. The van der Waals surface area contributed by atoms with E-state index in [1.807, 2.05) is 0 Å². The maximum Gasteiger partial charge on any atom is 0.416 e. The summed E-state index contributed by atoms with van der Waals surface area (Å²) >= 11 is 0. The van der Waals surface area contributed by atoms with Crippen molar-refractivity contribution in [3.8, 4) is 0 Å². The number of halogens is 3. The second-order valence-electron chi connectivity index (χ2n) is 5.14. The lowest BCUT2D eigenvalue weighted by molar-refractivity contribution is -0.137. The molecule has 0 aliphatic carbocycles. The van der Waals surface area contributed by atoms with E-state index in [1.165, 1.54) is 17.0 Å². The Morgan fingerprint density at radius 1 is 1.30 bits per heavy atom. The van der Waals surface area contributed by atoms with Gasteiger partial charge in [-0.2, -0.15) is 21.6 Å². The molecule has 1 aromatic rings. The van der Waals surface area contributed by atoms with Crippen molar-refractivity contribution in [2.75, 3.05) is 12.8 Å². The van der Waals surface area contributed by atoms with Gasteiger partial charge < -0.3 is 10.2 Å². The first-order valence-corrected chi connectivity index (χ1v) is 8.46. The number of rotatable bonds is 4. The minimum atomic E-state index is -4.41. The molecule has 2 amide bonds. The van der Waals surface area contributed by atoms with Crippen molar-refractivity contribution in [2.45, 2.75) is 25.4 Å². The van der Waals surface area contributed by atoms with Crippen molar-refractivity contribution >= 4 is 16.1 Å². The van der Waals surface area contributed by atoms with Crippen LogP contribution in [0.1, 0.15) is 17.5 Å². The van der Waals surface area contributed by atoms with Gasteiger partial charge in [0.1, 0.15) is 0 Å². The van der Waals surface area contributed by atoms with Crippen LogP contribution in [0.3, 0.4) is 0 Å². The number of hydrogen-bond donors (Lipinski definition) is 1. The van der Waals surface area contributed by atoms with Gasteiger partial charge in [-0.25, -0.2) is 8.98 Å². The van der Waals surface area contributed by atoms with E-state index in [0.717, 1.165) is 18.4 Å². The number of amides is 2. The predicted molar refractivity (Wildman–Crippen MR) is 74.7 cm³/mol. The second kappa shape index (κ2) is 6.36. The topological polar surface area (TPSA) is 75.7 Å². The monoisotopic (exact) mass is 352 g/mol. The molecule has 1 heterocycles. The van der Waals surface area contributed by atoms with Crippen molar-refractivity contribution in [3.05, 3.63) is 35.4 Å². The smallest absolute Gasteiger partial charge is 0.320 e. The summed E-state index contributed by atoms with van der Waals surface area (Å²) in [7, 11) is -3.68. The summed E-state index contributed by atoms with van der Waals surface area (Å²) in [5, 5.41) is 2.38. The largest absolute Gasteiger partial charge is 0.416 e. The van der Waals surface area contributed by atoms with E-state index in [2.05, 4.69) is 9.50 Å². The zero-order valence-corrected chi connectivity index (χ0v) is 12.9. The lowest BCUT2D eigenvalue weighted by Crippen LogP contribution is -2.52. The van der Waals surface area contributed by atoms with Gasteiger partial charge in [-0.3, -0.25) is 0 Å². The van der Waals surface area contributed by atoms with Crippen LogP contribution in [-0.4, -0.2) is 38.4 Å². The van der Waals surface area contributed by atoms with E-state index < -0.39 is 34.1 Å². The van der Waals surface area contributed by atoms with Crippen LogP contribution >= 0.6 is 0 Å². The molecule has 1 aromatic carbocycles. The van der Waals surface area contributed by atoms with Gasteiger partial charge in [0.05, 0.1) is 11.8 Å². The third kappa shape index (κ3) is 5.10. The van der Waals surface area contributed by atoms with Gasteiger partial charge in [0, 0.05) is 19.5 Å². The van der Waals surface area contributed by atoms with E-state index in [0.29, 0.717) is 5.56 Å². The Kier molecular flexibility index (Phi) is 4.85. The Labute approximate surface area is 131 Å². The van der Waals surface area contributed by atoms with Crippen molar-refractivity contribution in [3.63, 3.8) is 0 Å². The summed E-state index contributed by atoms with van der Waals surface area (Å²) in [6, 6.07) is 3.97. The lowest BCUT2D eigenvalue weighted by Gasteiger charge is -2.32. The summed E-state index contributed by atoms with van der Waals surface area (Å²) in [6.07, 6.45) is -4.20. The molecule has 2 rings (SSSR count). The normalized spacial score (nSPS) is 19.6. The van der Waals surface area contributed by atoms with E-state index in [1.54, 1.807) is 0 Å². The zero-order valence-electron chi connectivity index (χ0n) is 12.1. The molecule has 0 radical (unpaired) electrons. The van der Waals surface area contributed by atoms with E-state index in [9.17, 15) is 26.4 Å². The van der Waals surface area contributed by atoms with Gasteiger partial charge in [-0.1, -0.05) is 12.1 Å². The van der Waals surface area contributed by atoms with Crippen LogP contribution in [-0.2, 0) is 27.0 Å². The van der Waals surface area contributed by atoms with Crippen molar-refractivity contribution in [1.82, 2.24) is 10.2 Å². The van der Waals surface area contributed by atoms with Gasteiger partial charge in [0.2, 0.25) is 0 Å². The molecule has 1 N–H and O–H groups in total. The molecule has 23 heavy (non-hydrogen) atoms. The van der Waals surface area contributed by atoms with Crippen LogP contribution in [0, 0.1) is 0 Å². The molecule has 1 atom stereocenters.